The van der Waals surface area contributed by atoms with Crippen LogP contribution in [0, 0.1) is 11.3 Å². The fourth-order valence-electron chi connectivity index (χ4n) is 3.44. The van der Waals surface area contributed by atoms with Crippen molar-refractivity contribution in [1.82, 2.24) is 0 Å². The number of rotatable bonds is 2. The van der Waals surface area contributed by atoms with E-state index in [4.69, 9.17) is 5.73 Å². The standard InChI is InChI=1S/C14H25N/c1-14(2)10-6-9-12(14)13(15)11-7-4-3-5-8-11/h7,12-13H,3-6,8-10,15H2,1-2H3. The summed E-state index contributed by atoms with van der Waals surface area (Å²) < 4.78 is 0. The third kappa shape index (κ3) is 2.28. The van der Waals surface area contributed by atoms with E-state index in [1.54, 1.807) is 5.57 Å². The molecule has 2 aliphatic rings. The Hall–Kier alpha value is -0.300. The van der Waals surface area contributed by atoms with Gasteiger partial charge < -0.3 is 5.73 Å². The van der Waals surface area contributed by atoms with Crippen molar-refractivity contribution in [1.29, 1.82) is 0 Å². The summed E-state index contributed by atoms with van der Waals surface area (Å²) in [7, 11) is 0. The molecule has 0 radical (unpaired) electrons. The molecular weight excluding hydrogens is 182 g/mol. The Bertz CT molecular complexity index is 252. The highest BCUT2D eigenvalue weighted by Gasteiger charge is 2.39. The molecule has 0 aliphatic heterocycles. The molecule has 0 aromatic carbocycles. The van der Waals surface area contributed by atoms with Crippen molar-refractivity contribution in [2.75, 3.05) is 0 Å². The molecule has 1 fully saturated rings. The van der Waals surface area contributed by atoms with Gasteiger partial charge in [0.25, 0.3) is 0 Å². The smallest absolute Gasteiger partial charge is 0.0287 e. The van der Waals surface area contributed by atoms with Gasteiger partial charge in [-0.1, -0.05) is 31.9 Å². The second-order valence-corrected chi connectivity index (χ2v) is 6.04. The molecule has 1 nitrogen and oxygen atoms in total. The van der Waals surface area contributed by atoms with Crippen molar-refractivity contribution in [3.05, 3.63) is 11.6 Å². The lowest BCUT2D eigenvalue weighted by molar-refractivity contribution is 0.232. The molecule has 1 saturated carbocycles. The molecule has 0 aromatic heterocycles. The highest BCUT2D eigenvalue weighted by atomic mass is 14.7. The predicted octanol–water partition coefficient (Wildman–Crippen LogP) is 3.64. The molecule has 2 rings (SSSR count). The Balaban J connectivity index is 2.06. The van der Waals surface area contributed by atoms with Gasteiger partial charge in [-0.05, 0) is 49.9 Å². The molecule has 2 N–H and O–H groups in total. The van der Waals surface area contributed by atoms with E-state index >= 15 is 0 Å². The van der Waals surface area contributed by atoms with Crippen LogP contribution in [-0.2, 0) is 0 Å². The number of allylic oxidation sites excluding steroid dienone is 1. The molecule has 0 heterocycles. The van der Waals surface area contributed by atoms with Crippen molar-refractivity contribution in [2.45, 2.75) is 64.8 Å². The second kappa shape index (κ2) is 4.29. The van der Waals surface area contributed by atoms with E-state index in [1.165, 1.54) is 44.9 Å². The van der Waals surface area contributed by atoms with Gasteiger partial charge in [0.15, 0.2) is 0 Å². The van der Waals surface area contributed by atoms with E-state index < -0.39 is 0 Å². The van der Waals surface area contributed by atoms with Gasteiger partial charge >= 0.3 is 0 Å². The number of hydrogen-bond donors (Lipinski definition) is 1. The highest BCUT2D eigenvalue weighted by Crippen LogP contribution is 2.45. The first-order chi connectivity index (χ1) is 7.11. The van der Waals surface area contributed by atoms with Crippen molar-refractivity contribution in [2.24, 2.45) is 17.1 Å². The molecule has 1 heteroatoms. The molecule has 0 amide bonds. The van der Waals surface area contributed by atoms with Crippen molar-refractivity contribution in [3.8, 4) is 0 Å². The molecular formula is C14H25N. The first kappa shape index (κ1) is 11.2. The van der Waals surface area contributed by atoms with Gasteiger partial charge in [0.05, 0.1) is 0 Å². The largest absolute Gasteiger partial charge is 0.324 e. The minimum Gasteiger partial charge on any atom is -0.324 e. The zero-order valence-electron chi connectivity index (χ0n) is 10.3. The first-order valence-electron chi connectivity index (χ1n) is 6.56. The van der Waals surface area contributed by atoms with Crippen molar-refractivity contribution in [3.63, 3.8) is 0 Å². The van der Waals surface area contributed by atoms with Gasteiger partial charge in [-0.15, -0.1) is 0 Å². The van der Waals surface area contributed by atoms with Crippen LogP contribution in [-0.4, -0.2) is 6.04 Å². The maximum Gasteiger partial charge on any atom is 0.0287 e. The molecule has 86 valence electrons. The van der Waals surface area contributed by atoms with Crippen LogP contribution in [0.1, 0.15) is 58.8 Å². The van der Waals surface area contributed by atoms with Gasteiger partial charge in [-0.3, -0.25) is 0 Å². The molecule has 2 unspecified atom stereocenters. The van der Waals surface area contributed by atoms with Crippen LogP contribution in [0.3, 0.4) is 0 Å². The summed E-state index contributed by atoms with van der Waals surface area (Å²) in [6.45, 7) is 4.79. The van der Waals surface area contributed by atoms with Gasteiger partial charge in [-0.25, -0.2) is 0 Å². The summed E-state index contributed by atoms with van der Waals surface area (Å²) in [5.74, 6) is 0.724. The third-order valence-corrected chi connectivity index (χ3v) is 4.53. The van der Waals surface area contributed by atoms with E-state index in [1.807, 2.05) is 0 Å². The molecule has 2 aliphatic carbocycles. The minimum atomic E-state index is 0.350. The van der Waals surface area contributed by atoms with Crippen LogP contribution in [0.2, 0.25) is 0 Å². The maximum absolute atomic E-state index is 6.46. The Kier molecular flexibility index (Phi) is 3.20. The first-order valence-corrected chi connectivity index (χ1v) is 6.56. The zero-order chi connectivity index (χ0) is 10.9. The Morgan fingerprint density at radius 2 is 2.13 bits per heavy atom. The van der Waals surface area contributed by atoms with E-state index in [9.17, 15) is 0 Å². The molecule has 0 bridgehead atoms. The van der Waals surface area contributed by atoms with E-state index in [2.05, 4.69) is 19.9 Å². The zero-order valence-corrected chi connectivity index (χ0v) is 10.3. The molecule has 2 atom stereocenters. The topological polar surface area (TPSA) is 26.0 Å². The van der Waals surface area contributed by atoms with Gasteiger partial charge in [0.2, 0.25) is 0 Å². The van der Waals surface area contributed by atoms with E-state index in [-0.39, 0.29) is 0 Å². The van der Waals surface area contributed by atoms with Gasteiger partial charge in [0.1, 0.15) is 0 Å². The summed E-state index contributed by atoms with van der Waals surface area (Å²) in [5.41, 5.74) is 8.49. The van der Waals surface area contributed by atoms with Gasteiger partial charge in [-0.2, -0.15) is 0 Å². The maximum atomic E-state index is 6.46. The quantitative estimate of drug-likeness (QED) is 0.687. The van der Waals surface area contributed by atoms with E-state index in [0.717, 1.165) is 5.92 Å². The van der Waals surface area contributed by atoms with Crippen molar-refractivity contribution < 1.29 is 0 Å². The lowest BCUT2D eigenvalue weighted by atomic mass is 9.74. The van der Waals surface area contributed by atoms with Crippen LogP contribution in [0.15, 0.2) is 11.6 Å². The van der Waals surface area contributed by atoms with Crippen LogP contribution >= 0.6 is 0 Å². The minimum absolute atomic E-state index is 0.350. The molecule has 0 saturated heterocycles. The van der Waals surface area contributed by atoms with Crippen LogP contribution in [0.5, 0.6) is 0 Å². The average molecular weight is 207 g/mol. The Morgan fingerprint density at radius 3 is 2.67 bits per heavy atom. The Morgan fingerprint density at radius 1 is 1.33 bits per heavy atom. The van der Waals surface area contributed by atoms with Crippen LogP contribution in [0.25, 0.3) is 0 Å². The summed E-state index contributed by atoms with van der Waals surface area (Å²) in [6, 6.07) is 0.350. The van der Waals surface area contributed by atoms with Crippen molar-refractivity contribution >= 4 is 0 Å². The normalized spacial score (nSPS) is 32.5. The van der Waals surface area contributed by atoms with Crippen LogP contribution in [0.4, 0.5) is 0 Å². The molecule has 0 aromatic rings. The highest BCUT2D eigenvalue weighted by molar-refractivity contribution is 5.16. The Labute approximate surface area is 94.1 Å². The van der Waals surface area contributed by atoms with Gasteiger partial charge in [0, 0.05) is 6.04 Å². The average Bonchev–Trinajstić information content (AvgIpc) is 2.58. The summed E-state index contributed by atoms with van der Waals surface area (Å²) in [6.07, 6.45) is 11.7. The SMILES string of the molecule is CC1(C)CCCC1C(N)C1=CCCCC1. The van der Waals surface area contributed by atoms with E-state index in [0.29, 0.717) is 11.5 Å². The summed E-state index contributed by atoms with van der Waals surface area (Å²) >= 11 is 0. The summed E-state index contributed by atoms with van der Waals surface area (Å²) in [5, 5.41) is 0. The predicted molar refractivity (Wildman–Crippen MR) is 65.6 cm³/mol. The molecule has 15 heavy (non-hydrogen) atoms. The van der Waals surface area contributed by atoms with Crippen LogP contribution < -0.4 is 5.73 Å². The second-order valence-electron chi connectivity index (χ2n) is 6.04. The number of hydrogen-bond acceptors (Lipinski definition) is 1. The fourth-order valence-corrected chi connectivity index (χ4v) is 3.44. The lowest BCUT2D eigenvalue weighted by Crippen LogP contribution is -2.38. The third-order valence-electron chi connectivity index (χ3n) is 4.53. The fraction of sp³-hybridized carbons (Fsp3) is 0.857. The monoisotopic (exact) mass is 207 g/mol. The lowest BCUT2D eigenvalue weighted by Gasteiger charge is -2.34. The summed E-state index contributed by atoms with van der Waals surface area (Å²) in [4.78, 5) is 0. The molecule has 0 spiro atoms. The number of nitrogens with two attached hydrogens (primary N) is 1.